The molecule has 0 radical (unpaired) electrons. The lowest BCUT2D eigenvalue weighted by molar-refractivity contribution is 0.195. The number of likely N-dealkylation sites (N-methyl/N-ethyl adjacent to an activating group) is 1. The minimum atomic E-state index is 0.144. The van der Waals surface area contributed by atoms with Gasteiger partial charge in [0, 0.05) is 24.2 Å². The summed E-state index contributed by atoms with van der Waals surface area (Å²) in [6, 6.07) is 5.67. The van der Waals surface area contributed by atoms with E-state index >= 15 is 0 Å². The van der Waals surface area contributed by atoms with Gasteiger partial charge >= 0.3 is 0 Å². The molecule has 5 heteroatoms. The summed E-state index contributed by atoms with van der Waals surface area (Å²) in [6.45, 7) is 4.40. The van der Waals surface area contributed by atoms with Crippen molar-refractivity contribution in [3.63, 3.8) is 0 Å². The van der Waals surface area contributed by atoms with Crippen molar-refractivity contribution in [3.8, 4) is 5.75 Å². The molecule has 3 N–H and O–H groups in total. The first kappa shape index (κ1) is 14.9. The van der Waals surface area contributed by atoms with Gasteiger partial charge in [0.2, 0.25) is 0 Å². The Morgan fingerprint density at radius 3 is 2.72 bits per heavy atom. The summed E-state index contributed by atoms with van der Waals surface area (Å²) >= 11 is 4.98. The van der Waals surface area contributed by atoms with Crippen LogP contribution in [0.3, 0.4) is 0 Å². The number of nitrogens with two attached hydrogens (primary N) is 1. The normalized spacial score (nSPS) is 10.7. The van der Waals surface area contributed by atoms with Crippen LogP contribution in [0.2, 0.25) is 0 Å². The van der Waals surface area contributed by atoms with E-state index in [9.17, 15) is 0 Å². The molecule has 0 bridgehead atoms. The zero-order chi connectivity index (χ0) is 13.5. The van der Waals surface area contributed by atoms with Gasteiger partial charge in [-0.15, -0.1) is 0 Å². The number of benzene rings is 1. The Morgan fingerprint density at radius 2 is 2.22 bits per heavy atom. The zero-order valence-electron chi connectivity index (χ0n) is 10.8. The Bertz CT molecular complexity index is 410. The minimum Gasteiger partial charge on any atom is -0.496 e. The van der Waals surface area contributed by atoms with E-state index in [0.29, 0.717) is 18.1 Å². The summed E-state index contributed by atoms with van der Waals surface area (Å²) in [6.07, 6.45) is 0. The minimum absolute atomic E-state index is 0.144. The van der Waals surface area contributed by atoms with Crippen molar-refractivity contribution in [1.29, 1.82) is 0 Å². The van der Waals surface area contributed by atoms with Gasteiger partial charge in [0.25, 0.3) is 0 Å². The van der Waals surface area contributed by atoms with Crippen molar-refractivity contribution in [2.24, 2.45) is 5.73 Å². The molecule has 0 aromatic heterocycles. The van der Waals surface area contributed by atoms with Crippen LogP contribution in [0, 0.1) is 0 Å². The quantitative estimate of drug-likeness (QED) is 0.726. The Morgan fingerprint density at radius 1 is 1.50 bits per heavy atom. The number of hydrogen-bond donors (Lipinski definition) is 2. The second-order valence-corrected chi connectivity index (χ2v) is 4.42. The average molecular weight is 268 g/mol. The number of rotatable bonds is 7. The molecule has 0 fully saturated rings. The lowest BCUT2D eigenvalue weighted by Gasteiger charge is -2.21. The van der Waals surface area contributed by atoms with Crippen molar-refractivity contribution >= 4 is 17.2 Å². The van der Waals surface area contributed by atoms with Crippen molar-refractivity contribution in [1.82, 2.24) is 4.90 Å². The summed E-state index contributed by atoms with van der Waals surface area (Å²) in [5.41, 5.74) is 7.49. The van der Waals surface area contributed by atoms with E-state index in [1.807, 2.05) is 18.2 Å². The molecule has 0 amide bonds. The SMILES string of the molecule is CCN(CCO)Cc1cc(C(N)=S)ccc1OC. The lowest BCUT2D eigenvalue weighted by Crippen LogP contribution is -2.26. The van der Waals surface area contributed by atoms with Gasteiger partial charge in [-0.1, -0.05) is 19.1 Å². The predicted octanol–water partition coefficient (Wildman–Crippen LogP) is 1.14. The second-order valence-electron chi connectivity index (χ2n) is 3.98. The molecule has 0 spiro atoms. The Kier molecular flexibility index (Phi) is 6.04. The van der Waals surface area contributed by atoms with Gasteiger partial charge in [0.05, 0.1) is 13.7 Å². The first-order chi connectivity index (χ1) is 8.62. The summed E-state index contributed by atoms with van der Waals surface area (Å²) in [4.78, 5) is 2.50. The lowest BCUT2D eigenvalue weighted by atomic mass is 10.1. The molecular formula is C13H20N2O2S. The number of aliphatic hydroxyl groups excluding tert-OH is 1. The Hall–Kier alpha value is -1.17. The fraction of sp³-hybridized carbons (Fsp3) is 0.462. The fourth-order valence-electron chi connectivity index (χ4n) is 1.79. The second kappa shape index (κ2) is 7.31. The first-order valence-corrected chi connectivity index (χ1v) is 6.33. The highest BCUT2D eigenvalue weighted by molar-refractivity contribution is 7.80. The summed E-state index contributed by atoms with van der Waals surface area (Å²) in [7, 11) is 1.64. The van der Waals surface area contributed by atoms with E-state index in [-0.39, 0.29) is 6.61 Å². The molecule has 0 heterocycles. The maximum Gasteiger partial charge on any atom is 0.123 e. The summed E-state index contributed by atoms with van der Waals surface area (Å²) < 4.78 is 5.33. The van der Waals surface area contributed by atoms with Gasteiger partial charge < -0.3 is 15.6 Å². The van der Waals surface area contributed by atoms with Crippen LogP contribution in [0.25, 0.3) is 0 Å². The molecule has 0 aliphatic rings. The van der Waals surface area contributed by atoms with Gasteiger partial charge in [0.15, 0.2) is 0 Å². The number of ether oxygens (including phenoxy) is 1. The van der Waals surface area contributed by atoms with Crippen LogP contribution in [-0.2, 0) is 6.54 Å². The van der Waals surface area contributed by atoms with Crippen molar-refractivity contribution < 1.29 is 9.84 Å². The van der Waals surface area contributed by atoms with Gasteiger partial charge in [0.1, 0.15) is 10.7 Å². The molecule has 1 aromatic carbocycles. The number of thiocarbonyl (C=S) groups is 1. The highest BCUT2D eigenvalue weighted by Gasteiger charge is 2.10. The molecule has 18 heavy (non-hydrogen) atoms. The summed E-state index contributed by atoms with van der Waals surface area (Å²) in [5, 5.41) is 9.00. The Labute approximate surface area is 113 Å². The summed E-state index contributed by atoms with van der Waals surface area (Å²) in [5.74, 6) is 0.811. The fourth-order valence-corrected chi connectivity index (χ4v) is 1.91. The Balaban J connectivity index is 2.96. The van der Waals surface area contributed by atoms with Crippen LogP contribution in [0.5, 0.6) is 5.75 Å². The van der Waals surface area contributed by atoms with Gasteiger partial charge in [-0.25, -0.2) is 0 Å². The smallest absolute Gasteiger partial charge is 0.123 e. The molecule has 0 aliphatic heterocycles. The standard InChI is InChI=1S/C13H20N2O2S/c1-3-15(6-7-16)9-11-8-10(13(14)18)4-5-12(11)17-2/h4-5,8,16H,3,6-7,9H2,1-2H3,(H2,14,18). The van der Waals surface area contributed by atoms with Crippen LogP contribution < -0.4 is 10.5 Å². The largest absolute Gasteiger partial charge is 0.496 e. The van der Waals surface area contributed by atoms with E-state index in [4.69, 9.17) is 27.8 Å². The third kappa shape index (κ3) is 3.94. The predicted molar refractivity (Wildman–Crippen MR) is 76.9 cm³/mol. The van der Waals surface area contributed by atoms with Crippen molar-refractivity contribution in [2.45, 2.75) is 13.5 Å². The molecule has 0 aliphatic carbocycles. The van der Waals surface area contributed by atoms with E-state index in [2.05, 4.69) is 11.8 Å². The molecule has 1 aromatic rings. The van der Waals surface area contributed by atoms with Crippen LogP contribution >= 0.6 is 12.2 Å². The van der Waals surface area contributed by atoms with E-state index < -0.39 is 0 Å². The number of methoxy groups -OCH3 is 1. The van der Waals surface area contributed by atoms with Gasteiger partial charge in [-0.3, -0.25) is 4.90 Å². The highest BCUT2D eigenvalue weighted by atomic mass is 32.1. The maximum atomic E-state index is 9.00. The van der Waals surface area contributed by atoms with E-state index in [0.717, 1.165) is 23.4 Å². The molecule has 0 saturated heterocycles. The van der Waals surface area contributed by atoms with Crippen molar-refractivity contribution in [2.75, 3.05) is 26.8 Å². The van der Waals surface area contributed by atoms with Gasteiger partial charge in [-0.2, -0.15) is 0 Å². The van der Waals surface area contributed by atoms with Crippen LogP contribution in [0.1, 0.15) is 18.1 Å². The molecule has 1 rings (SSSR count). The van der Waals surface area contributed by atoms with Crippen LogP contribution in [0.4, 0.5) is 0 Å². The third-order valence-corrected chi connectivity index (χ3v) is 3.06. The van der Waals surface area contributed by atoms with E-state index in [1.165, 1.54) is 0 Å². The van der Waals surface area contributed by atoms with Crippen LogP contribution in [0.15, 0.2) is 18.2 Å². The monoisotopic (exact) mass is 268 g/mol. The van der Waals surface area contributed by atoms with Crippen LogP contribution in [-0.4, -0.2) is 41.8 Å². The molecule has 4 nitrogen and oxygen atoms in total. The first-order valence-electron chi connectivity index (χ1n) is 5.92. The number of nitrogens with zero attached hydrogens (tertiary/aromatic N) is 1. The molecule has 100 valence electrons. The maximum absolute atomic E-state index is 9.00. The number of aliphatic hydroxyl groups is 1. The molecule has 0 atom stereocenters. The topological polar surface area (TPSA) is 58.7 Å². The molecular weight excluding hydrogens is 248 g/mol. The number of hydrogen-bond acceptors (Lipinski definition) is 4. The zero-order valence-corrected chi connectivity index (χ0v) is 11.7. The highest BCUT2D eigenvalue weighted by Crippen LogP contribution is 2.21. The average Bonchev–Trinajstić information content (AvgIpc) is 2.37. The third-order valence-electron chi connectivity index (χ3n) is 2.82. The van der Waals surface area contributed by atoms with E-state index in [1.54, 1.807) is 7.11 Å². The molecule has 0 saturated carbocycles. The van der Waals surface area contributed by atoms with Gasteiger partial charge in [-0.05, 0) is 24.7 Å². The molecule has 0 unspecified atom stereocenters. The van der Waals surface area contributed by atoms with Crippen molar-refractivity contribution in [3.05, 3.63) is 29.3 Å².